The predicted octanol–water partition coefficient (Wildman–Crippen LogP) is 3.22. The summed E-state index contributed by atoms with van der Waals surface area (Å²) in [6.07, 6.45) is 0. The summed E-state index contributed by atoms with van der Waals surface area (Å²) in [6, 6.07) is 6.17. The van der Waals surface area contributed by atoms with Crippen LogP contribution < -0.4 is 0 Å². The number of benzene rings is 1. The summed E-state index contributed by atoms with van der Waals surface area (Å²) in [5, 5.41) is 9.00. The largest absolute Gasteiger partial charge is 0.508 e. The molecule has 0 heterocycles. The molecule has 0 spiro atoms. The van der Waals surface area contributed by atoms with Crippen molar-refractivity contribution in [3.63, 3.8) is 0 Å². The number of alkyl halides is 3. The van der Waals surface area contributed by atoms with Crippen molar-refractivity contribution in [3.05, 3.63) is 29.8 Å². The van der Waals surface area contributed by atoms with E-state index in [-0.39, 0.29) is 32.0 Å². The van der Waals surface area contributed by atoms with Gasteiger partial charge in [-0.2, -0.15) is 0 Å². The average molecular weight is 303 g/mol. The molecule has 1 aromatic carbocycles. The Kier molecular flexibility index (Phi) is 5.17. The molecule has 0 aromatic heterocycles. The van der Waals surface area contributed by atoms with Crippen LogP contribution in [0.15, 0.2) is 24.3 Å². The zero-order chi connectivity index (χ0) is 8.48. The minimum atomic E-state index is -1.46. The first kappa shape index (κ1) is 12.8. The Morgan fingerprint density at radius 2 is 1.75 bits per heavy atom. The molecular weight excluding hydrogens is 298 g/mol. The molecule has 1 rings (SSSR count). The fraction of sp³-hybridized carbons (Fsp3) is 0.143. The second-order valence-electron chi connectivity index (χ2n) is 2.05. The van der Waals surface area contributed by atoms with Crippen LogP contribution in [-0.4, -0.2) is 5.11 Å². The van der Waals surface area contributed by atoms with Gasteiger partial charge in [0.2, 0.25) is 3.79 Å². The molecule has 0 bridgehead atoms. The minimum Gasteiger partial charge on any atom is -0.508 e. The van der Waals surface area contributed by atoms with Crippen LogP contribution in [0.25, 0.3) is 0 Å². The van der Waals surface area contributed by atoms with Crippen molar-refractivity contribution in [3.8, 4) is 5.75 Å². The predicted molar refractivity (Wildman–Crippen MR) is 47.3 cm³/mol. The van der Waals surface area contributed by atoms with Crippen molar-refractivity contribution in [2.45, 2.75) is 3.79 Å². The summed E-state index contributed by atoms with van der Waals surface area (Å²) in [7, 11) is 0. The Morgan fingerprint density at radius 3 is 2.08 bits per heavy atom. The van der Waals surface area contributed by atoms with Crippen LogP contribution in [0.3, 0.4) is 0 Å². The van der Waals surface area contributed by atoms with Gasteiger partial charge >= 0.3 is 0 Å². The zero-order valence-electron chi connectivity index (χ0n) is 5.89. The van der Waals surface area contributed by atoms with Gasteiger partial charge in [0.15, 0.2) is 0 Å². The number of phenolic OH excluding ortho intramolecular Hbond substituents is 1. The molecule has 0 unspecified atom stereocenters. The van der Waals surface area contributed by atoms with Crippen LogP contribution in [0.2, 0.25) is 0 Å². The SMILES string of the molecule is Oc1cccc(C(Cl)(Cl)Cl)c1.[Zr]. The number of phenols is 1. The van der Waals surface area contributed by atoms with Crippen molar-refractivity contribution >= 4 is 34.8 Å². The van der Waals surface area contributed by atoms with Crippen LogP contribution in [0.4, 0.5) is 0 Å². The summed E-state index contributed by atoms with van der Waals surface area (Å²) in [6.45, 7) is 0. The standard InChI is InChI=1S/C7H5Cl3O.Zr/c8-7(9,10)5-2-1-3-6(11)4-5;/h1-4,11H;. The van der Waals surface area contributed by atoms with Crippen LogP contribution >= 0.6 is 34.8 Å². The molecule has 64 valence electrons. The molecule has 0 saturated heterocycles. The van der Waals surface area contributed by atoms with Gasteiger partial charge in [-0.25, -0.2) is 0 Å². The van der Waals surface area contributed by atoms with E-state index in [2.05, 4.69) is 0 Å². The quantitative estimate of drug-likeness (QED) is 0.730. The number of hydrogen-bond acceptors (Lipinski definition) is 1. The first-order chi connectivity index (χ1) is 5.00. The maximum absolute atomic E-state index is 9.00. The summed E-state index contributed by atoms with van der Waals surface area (Å²) < 4.78 is -1.46. The molecule has 1 aromatic rings. The third-order valence-electron chi connectivity index (χ3n) is 1.17. The first-order valence-corrected chi connectivity index (χ1v) is 4.00. The monoisotopic (exact) mass is 300 g/mol. The second-order valence-corrected chi connectivity index (χ2v) is 4.33. The smallest absolute Gasteiger partial charge is 0.216 e. The molecule has 1 nitrogen and oxygen atoms in total. The maximum atomic E-state index is 9.00. The van der Waals surface area contributed by atoms with E-state index in [9.17, 15) is 0 Å². The molecule has 1 N–H and O–H groups in total. The van der Waals surface area contributed by atoms with Crippen molar-refractivity contribution in [2.75, 3.05) is 0 Å². The Morgan fingerprint density at radius 1 is 1.17 bits per heavy atom. The van der Waals surface area contributed by atoms with Gasteiger partial charge < -0.3 is 5.11 Å². The number of aromatic hydroxyl groups is 1. The molecule has 0 amide bonds. The maximum Gasteiger partial charge on any atom is 0.216 e. The number of halogens is 3. The van der Waals surface area contributed by atoms with E-state index in [1.807, 2.05) is 0 Å². The van der Waals surface area contributed by atoms with Gasteiger partial charge in [0, 0.05) is 31.8 Å². The summed E-state index contributed by atoms with van der Waals surface area (Å²) >= 11 is 16.7. The van der Waals surface area contributed by atoms with E-state index in [1.54, 1.807) is 12.1 Å². The molecule has 0 fully saturated rings. The topological polar surface area (TPSA) is 20.2 Å². The van der Waals surface area contributed by atoms with Gasteiger partial charge in [-0.1, -0.05) is 46.9 Å². The molecule has 0 aliphatic carbocycles. The number of hydrogen-bond donors (Lipinski definition) is 1. The summed E-state index contributed by atoms with van der Waals surface area (Å²) in [4.78, 5) is 0. The van der Waals surface area contributed by atoms with Gasteiger partial charge in [-0.15, -0.1) is 0 Å². The molecule has 0 aliphatic rings. The fourth-order valence-corrected chi connectivity index (χ4v) is 1.03. The van der Waals surface area contributed by atoms with Gasteiger partial charge in [0.25, 0.3) is 0 Å². The molecule has 5 heteroatoms. The summed E-state index contributed by atoms with van der Waals surface area (Å²) in [5.41, 5.74) is 0.461. The third-order valence-corrected chi connectivity index (χ3v) is 1.83. The van der Waals surface area contributed by atoms with Gasteiger partial charge in [0.05, 0.1) is 0 Å². The van der Waals surface area contributed by atoms with Gasteiger partial charge in [-0.3, -0.25) is 0 Å². The Labute approximate surface area is 105 Å². The van der Waals surface area contributed by atoms with Crippen LogP contribution in [0, 0.1) is 0 Å². The van der Waals surface area contributed by atoms with E-state index < -0.39 is 3.79 Å². The normalized spacial score (nSPS) is 10.6. The fourth-order valence-electron chi connectivity index (χ4n) is 0.682. The minimum absolute atomic E-state index is 0. The van der Waals surface area contributed by atoms with Crippen LogP contribution in [0.5, 0.6) is 5.75 Å². The van der Waals surface area contributed by atoms with Gasteiger partial charge in [-0.05, 0) is 12.1 Å². The van der Waals surface area contributed by atoms with Gasteiger partial charge in [0.1, 0.15) is 5.75 Å². The van der Waals surface area contributed by atoms with E-state index in [0.717, 1.165) is 0 Å². The Hall–Kier alpha value is 0.773. The van der Waals surface area contributed by atoms with E-state index >= 15 is 0 Å². The van der Waals surface area contributed by atoms with Crippen LogP contribution in [0.1, 0.15) is 5.56 Å². The van der Waals surface area contributed by atoms with E-state index in [0.29, 0.717) is 5.56 Å². The molecule has 0 aliphatic heterocycles. The Balaban J connectivity index is 0.00000121. The zero-order valence-corrected chi connectivity index (χ0v) is 10.6. The second kappa shape index (κ2) is 4.86. The Bertz CT molecular complexity index is 259. The van der Waals surface area contributed by atoms with Crippen molar-refractivity contribution in [1.82, 2.24) is 0 Å². The average Bonchev–Trinajstić information content (AvgIpc) is 1.86. The van der Waals surface area contributed by atoms with Crippen molar-refractivity contribution < 1.29 is 31.3 Å². The number of rotatable bonds is 0. The van der Waals surface area contributed by atoms with E-state index in [1.165, 1.54) is 12.1 Å². The molecule has 0 saturated carbocycles. The molecule has 0 radical (unpaired) electrons. The molecule has 12 heavy (non-hydrogen) atoms. The van der Waals surface area contributed by atoms with E-state index in [4.69, 9.17) is 39.9 Å². The van der Waals surface area contributed by atoms with Crippen molar-refractivity contribution in [2.24, 2.45) is 0 Å². The van der Waals surface area contributed by atoms with Crippen LogP contribution in [-0.2, 0) is 30.0 Å². The first-order valence-electron chi connectivity index (χ1n) is 2.86. The molecule has 0 atom stereocenters. The van der Waals surface area contributed by atoms with Crippen molar-refractivity contribution in [1.29, 1.82) is 0 Å². The summed E-state index contributed by atoms with van der Waals surface area (Å²) in [5.74, 6) is 0.0915. The molecular formula is C7H5Cl3OZr. The third kappa shape index (κ3) is 3.66.